The van der Waals surface area contributed by atoms with E-state index in [0.717, 1.165) is 35.0 Å². The molecule has 0 aliphatic heterocycles. The molecule has 22 heavy (non-hydrogen) atoms. The SMILES string of the molecule is Cc1cc(C(=O)Nc2nc3c(s2)C[C@@H](N)CC3)ccc1Br.Cl. The number of nitrogens with zero attached hydrogens (tertiary/aromatic N) is 1. The molecule has 1 amide bonds. The summed E-state index contributed by atoms with van der Waals surface area (Å²) >= 11 is 4.97. The third-order valence-electron chi connectivity index (χ3n) is 3.62. The molecule has 2 aromatic rings. The Balaban J connectivity index is 0.00000176. The van der Waals surface area contributed by atoms with Gasteiger partial charge in [0.15, 0.2) is 5.13 Å². The van der Waals surface area contributed by atoms with Crippen LogP contribution in [0, 0.1) is 6.92 Å². The number of fused-ring (bicyclic) bond motifs is 1. The first-order valence-electron chi connectivity index (χ1n) is 6.84. The van der Waals surface area contributed by atoms with Gasteiger partial charge in [0.2, 0.25) is 0 Å². The molecule has 0 radical (unpaired) electrons. The summed E-state index contributed by atoms with van der Waals surface area (Å²) in [7, 11) is 0. The average molecular weight is 403 g/mol. The zero-order valence-corrected chi connectivity index (χ0v) is 15.3. The first-order chi connectivity index (χ1) is 10.0. The van der Waals surface area contributed by atoms with Gasteiger partial charge in [-0.15, -0.1) is 23.7 Å². The Labute approximate surface area is 148 Å². The predicted octanol–water partition coefficient (Wildman–Crippen LogP) is 3.70. The van der Waals surface area contributed by atoms with E-state index in [1.165, 1.54) is 16.2 Å². The van der Waals surface area contributed by atoms with Gasteiger partial charge in [0.25, 0.3) is 5.91 Å². The number of anilines is 1. The lowest BCUT2D eigenvalue weighted by atomic mass is 9.99. The fraction of sp³-hybridized carbons (Fsp3) is 0.333. The van der Waals surface area contributed by atoms with Crippen molar-refractivity contribution in [3.8, 4) is 0 Å². The standard InChI is InChI=1S/C15H16BrN3OS.ClH/c1-8-6-9(2-4-11(8)16)14(20)19-15-18-12-5-3-10(17)7-13(12)21-15;/h2,4,6,10H,3,5,7,17H2,1H3,(H,18,19,20);1H/t10-;/m0./s1. The summed E-state index contributed by atoms with van der Waals surface area (Å²) in [6.07, 6.45) is 2.73. The van der Waals surface area contributed by atoms with Crippen LogP contribution in [0.3, 0.4) is 0 Å². The minimum absolute atomic E-state index is 0. The number of thiazole rings is 1. The van der Waals surface area contributed by atoms with Crippen LogP contribution in [0.2, 0.25) is 0 Å². The number of aromatic nitrogens is 1. The van der Waals surface area contributed by atoms with Crippen LogP contribution in [0.5, 0.6) is 0 Å². The van der Waals surface area contributed by atoms with Crippen molar-refractivity contribution < 1.29 is 4.79 Å². The van der Waals surface area contributed by atoms with Crippen LogP contribution in [0.15, 0.2) is 22.7 Å². The third kappa shape index (κ3) is 3.68. The van der Waals surface area contributed by atoms with Crippen molar-refractivity contribution in [1.82, 2.24) is 4.98 Å². The number of aryl methyl sites for hydroxylation is 2. The van der Waals surface area contributed by atoms with Gasteiger partial charge in [0.1, 0.15) is 0 Å². The zero-order chi connectivity index (χ0) is 15.0. The number of carbonyl (C=O) groups is 1. The van der Waals surface area contributed by atoms with E-state index in [9.17, 15) is 4.79 Å². The Bertz CT molecular complexity index is 704. The number of amides is 1. The number of rotatable bonds is 2. The number of nitrogens with one attached hydrogen (secondary N) is 1. The summed E-state index contributed by atoms with van der Waals surface area (Å²) in [6, 6.07) is 5.77. The second kappa shape index (κ2) is 7.08. The Morgan fingerprint density at radius 3 is 3.00 bits per heavy atom. The second-order valence-corrected chi connectivity index (χ2v) is 7.25. The normalized spacial score (nSPS) is 16.6. The summed E-state index contributed by atoms with van der Waals surface area (Å²) < 4.78 is 0.998. The summed E-state index contributed by atoms with van der Waals surface area (Å²) in [6.45, 7) is 1.96. The summed E-state index contributed by atoms with van der Waals surface area (Å²) in [4.78, 5) is 18.0. The molecule has 0 saturated carbocycles. The second-order valence-electron chi connectivity index (χ2n) is 5.31. The molecule has 3 rings (SSSR count). The molecule has 1 aliphatic rings. The summed E-state index contributed by atoms with van der Waals surface area (Å²) in [5, 5.41) is 3.56. The van der Waals surface area contributed by atoms with Gasteiger partial charge in [-0.2, -0.15) is 0 Å². The maximum atomic E-state index is 12.3. The molecule has 0 bridgehead atoms. The number of carbonyl (C=O) groups excluding carboxylic acids is 1. The highest BCUT2D eigenvalue weighted by Gasteiger charge is 2.21. The first-order valence-corrected chi connectivity index (χ1v) is 8.45. The van der Waals surface area contributed by atoms with Crippen LogP contribution < -0.4 is 11.1 Å². The molecule has 118 valence electrons. The van der Waals surface area contributed by atoms with Crippen molar-refractivity contribution in [2.75, 3.05) is 5.32 Å². The molecule has 1 aliphatic carbocycles. The van der Waals surface area contributed by atoms with Crippen LogP contribution in [0.25, 0.3) is 0 Å². The number of benzene rings is 1. The highest BCUT2D eigenvalue weighted by molar-refractivity contribution is 9.10. The van der Waals surface area contributed by atoms with Gasteiger partial charge in [0, 0.05) is 21.0 Å². The van der Waals surface area contributed by atoms with Crippen LogP contribution in [0.4, 0.5) is 5.13 Å². The number of halogens is 2. The zero-order valence-electron chi connectivity index (χ0n) is 12.1. The number of hydrogen-bond donors (Lipinski definition) is 2. The first kappa shape index (κ1) is 17.4. The van der Waals surface area contributed by atoms with E-state index < -0.39 is 0 Å². The molecule has 1 aromatic heterocycles. The third-order valence-corrected chi connectivity index (χ3v) is 5.54. The van der Waals surface area contributed by atoms with Crippen molar-refractivity contribution in [2.24, 2.45) is 5.73 Å². The highest BCUT2D eigenvalue weighted by atomic mass is 79.9. The maximum absolute atomic E-state index is 12.3. The molecule has 0 unspecified atom stereocenters. The van der Waals surface area contributed by atoms with Crippen LogP contribution >= 0.6 is 39.7 Å². The van der Waals surface area contributed by atoms with Crippen molar-refractivity contribution in [3.05, 3.63) is 44.4 Å². The van der Waals surface area contributed by atoms with E-state index in [1.807, 2.05) is 19.1 Å². The van der Waals surface area contributed by atoms with Gasteiger partial charge in [0.05, 0.1) is 5.69 Å². The van der Waals surface area contributed by atoms with Gasteiger partial charge in [-0.25, -0.2) is 4.98 Å². The maximum Gasteiger partial charge on any atom is 0.257 e. The van der Waals surface area contributed by atoms with E-state index in [4.69, 9.17) is 5.73 Å². The smallest absolute Gasteiger partial charge is 0.257 e. The Kier molecular flexibility index (Phi) is 5.60. The largest absolute Gasteiger partial charge is 0.327 e. The van der Waals surface area contributed by atoms with Gasteiger partial charge in [-0.3, -0.25) is 10.1 Å². The van der Waals surface area contributed by atoms with Crippen LogP contribution in [-0.2, 0) is 12.8 Å². The fourth-order valence-corrected chi connectivity index (χ4v) is 3.75. The average Bonchev–Trinajstić information content (AvgIpc) is 2.83. The molecular formula is C15H17BrClN3OS. The van der Waals surface area contributed by atoms with E-state index in [2.05, 4.69) is 26.2 Å². The molecular weight excluding hydrogens is 386 g/mol. The molecule has 0 saturated heterocycles. The number of hydrogen-bond acceptors (Lipinski definition) is 4. The summed E-state index contributed by atoms with van der Waals surface area (Å²) in [5.74, 6) is -0.124. The molecule has 1 aromatic carbocycles. The molecule has 0 fully saturated rings. The van der Waals surface area contributed by atoms with Gasteiger partial charge >= 0.3 is 0 Å². The quantitative estimate of drug-likeness (QED) is 0.804. The Morgan fingerprint density at radius 1 is 1.50 bits per heavy atom. The predicted molar refractivity (Wildman–Crippen MR) is 96.2 cm³/mol. The molecule has 0 spiro atoms. The molecule has 3 N–H and O–H groups in total. The van der Waals surface area contributed by atoms with E-state index in [-0.39, 0.29) is 24.4 Å². The highest BCUT2D eigenvalue weighted by Crippen LogP contribution is 2.29. The van der Waals surface area contributed by atoms with Crippen LogP contribution in [-0.4, -0.2) is 16.9 Å². The lowest BCUT2D eigenvalue weighted by Crippen LogP contribution is -2.27. The Morgan fingerprint density at radius 2 is 2.27 bits per heavy atom. The minimum Gasteiger partial charge on any atom is -0.327 e. The molecule has 4 nitrogen and oxygen atoms in total. The molecule has 1 heterocycles. The van der Waals surface area contributed by atoms with E-state index in [1.54, 1.807) is 6.07 Å². The topological polar surface area (TPSA) is 68.0 Å². The monoisotopic (exact) mass is 401 g/mol. The van der Waals surface area contributed by atoms with Crippen molar-refractivity contribution in [3.63, 3.8) is 0 Å². The van der Waals surface area contributed by atoms with Crippen molar-refractivity contribution in [1.29, 1.82) is 0 Å². The summed E-state index contributed by atoms with van der Waals surface area (Å²) in [5.41, 5.74) is 8.73. The lowest BCUT2D eigenvalue weighted by molar-refractivity contribution is 0.102. The molecule has 7 heteroatoms. The van der Waals surface area contributed by atoms with Crippen molar-refractivity contribution >= 4 is 50.7 Å². The number of nitrogens with two attached hydrogens (primary N) is 1. The van der Waals surface area contributed by atoms with E-state index in [0.29, 0.717) is 10.7 Å². The van der Waals surface area contributed by atoms with Crippen molar-refractivity contribution in [2.45, 2.75) is 32.2 Å². The van der Waals surface area contributed by atoms with Crippen LogP contribution in [0.1, 0.15) is 32.9 Å². The minimum atomic E-state index is -0.124. The van der Waals surface area contributed by atoms with Gasteiger partial charge < -0.3 is 5.73 Å². The van der Waals surface area contributed by atoms with E-state index >= 15 is 0 Å². The Hall–Kier alpha value is -0.950. The lowest BCUT2D eigenvalue weighted by Gasteiger charge is -2.15. The molecule has 1 atom stereocenters. The van der Waals surface area contributed by atoms with Gasteiger partial charge in [-0.05, 0) is 49.9 Å². The van der Waals surface area contributed by atoms with Gasteiger partial charge in [-0.1, -0.05) is 15.9 Å². The fourth-order valence-electron chi connectivity index (χ4n) is 2.41.